The standard InChI is InChI=1S/C22H24N4O.9ClH/c1-16-24-20-21(18-11-5-6-12-19(18)25-22(20)23)26(16)13-15-27-14-7-10-17-8-3-2-4-9-17;;;;;;;;;/h2-4,8-9H,5-6,11-15H2,1H3,(H2,23,25);9*1H. The zero-order valence-corrected chi connectivity index (χ0v) is 26.7. The summed E-state index contributed by atoms with van der Waals surface area (Å²) in [6.45, 7) is 3.77. The summed E-state index contributed by atoms with van der Waals surface area (Å²) >= 11 is 0. The number of fused-ring (bicyclic) bond motifs is 3. The molecule has 14 heteroatoms. The lowest BCUT2D eigenvalue weighted by Gasteiger charge is -2.18. The Hall–Kier alpha value is -0.230. The number of aryl methyl sites for hydroxylation is 3. The van der Waals surface area contributed by atoms with Crippen molar-refractivity contribution in [1.29, 1.82) is 0 Å². The molecule has 0 spiro atoms. The molecule has 0 fully saturated rings. The third kappa shape index (κ3) is 11.7. The van der Waals surface area contributed by atoms with Crippen molar-refractivity contribution in [3.05, 3.63) is 53.0 Å². The number of hydrogen-bond acceptors (Lipinski definition) is 4. The maximum Gasteiger partial charge on any atom is 0.151 e. The number of hydrogen-bond donors (Lipinski definition) is 1. The average molecular weight is 689 g/mol. The van der Waals surface area contributed by atoms with Gasteiger partial charge in [0.2, 0.25) is 0 Å². The molecule has 0 amide bonds. The summed E-state index contributed by atoms with van der Waals surface area (Å²) in [5, 5.41) is 0. The molecule has 0 saturated heterocycles. The molecule has 0 saturated carbocycles. The fourth-order valence-corrected chi connectivity index (χ4v) is 3.73. The Kier molecular flexibility index (Phi) is 32.3. The Bertz CT molecular complexity index is 1040. The van der Waals surface area contributed by atoms with Crippen molar-refractivity contribution in [2.45, 2.75) is 39.2 Å². The van der Waals surface area contributed by atoms with Gasteiger partial charge >= 0.3 is 0 Å². The van der Waals surface area contributed by atoms with Crippen LogP contribution in [0.3, 0.4) is 0 Å². The van der Waals surface area contributed by atoms with E-state index in [2.05, 4.69) is 26.4 Å². The highest BCUT2D eigenvalue weighted by Gasteiger charge is 2.21. The molecule has 2 heterocycles. The Labute approximate surface area is 269 Å². The highest BCUT2D eigenvalue weighted by molar-refractivity contribution is 5.89. The van der Waals surface area contributed by atoms with Crippen LogP contribution in [-0.4, -0.2) is 27.7 Å². The lowest BCUT2D eigenvalue weighted by molar-refractivity contribution is 0.158. The number of aromatic nitrogens is 3. The molecule has 0 aliphatic heterocycles. The first-order chi connectivity index (χ1) is 13.2. The second-order valence-electron chi connectivity index (χ2n) is 6.86. The van der Waals surface area contributed by atoms with Crippen molar-refractivity contribution in [1.82, 2.24) is 14.5 Å². The van der Waals surface area contributed by atoms with Gasteiger partial charge in [-0.3, -0.25) is 0 Å². The van der Waals surface area contributed by atoms with E-state index >= 15 is 0 Å². The van der Waals surface area contributed by atoms with E-state index in [1.807, 2.05) is 37.3 Å². The molecular weight excluding hydrogens is 655 g/mol. The highest BCUT2D eigenvalue weighted by Crippen LogP contribution is 2.31. The summed E-state index contributed by atoms with van der Waals surface area (Å²) < 4.78 is 7.96. The Balaban J connectivity index is -0.000000250. The van der Waals surface area contributed by atoms with E-state index in [0.29, 0.717) is 19.0 Å². The van der Waals surface area contributed by atoms with E-state index in [9.17, 15) is 0 Å². The first-order valence-corrected chi connectivity index (χ1v) is 9.50. The van der Waals surface area contributed by atoms with Crippen molar-refractivity contribution < 1.29 is 4.74 Å². The number of pyridine rings is 1. The monoisotopic (exact) mass is 684 g/mol. The first-order valence-electron chi connectivity index (χ1n) is 9.50. The van der Waals surface area contributed by atoms with Gasteiger partial charge < -0.3 is 15.0 Å². The molecule has 0 atom stereocenters. The van der Waals surface area contributed by atoms with Gasteiger partial charge in [0.15, 0.2) is 5.82 Å². The molecule has 0 bridgehead atoms. The largest absolute Gasteiger partial charge is 0.382 e. The van der Waals surface area contributed by atoms with Gasteiger partial charge in [-0.15, -0.1) is 112 Å². The molecular formula is C22H33Cl9N4O. The first kappa shape index (κ1) is 48.8. The lowest BCUT2D eigenvalue weighted by atomic mass is 9.95. The second kappa shape index (κ2) is 23.9. The van der Waals surface area contributed by atoms with E-state index < -0.39 is 0 Å². The summed E-state index contributed by atoms with van der Waals surface area (Å²) in [5.41, 5.74) is 11.6. The fourth-order valence-electron chi connectivity index (χ4n) is 3.73. The zero-order chi connectivity index (χ0) is 18.6. The Morgan fingerprint density at radius 1 is 0.889 bits per heavy atom. The molecule has 2 N–H and O–H groups in total. The van der Waals surface area contributed by atoms with E-state index in [4.69, 9.17) is 10.5 Å². The van der Waals surface area contributed by atoms with Crippen molar-refractivity contribution in [3.8, 4) is 11.8 Å². The number of benzene rings is 1. The number of imidazole rings is 1. The van der Waals surface area contributed by atoms with Crippen LogP contribution in [0.5, 0.6) is 0 Å². The summed E-state index contributed by atoms with van der Waals surface area (Å²) in [4.78, 5) is 9.27. The van der Waals surface area contributed by atoms with Crippen molar-refractivity contribution in [2.75, 3.05) is 18.9 Å². The van der Waals surface area contributed by atoms with Crippen molar-refractivity contribution in [2.24, 2.45) is 0 Å². The molecule has 1 aliphatic carbocycles. The van der Waals surface area contributed by atoms with Gasteiger partial charge in [0.1, 0.15) is 17.9 Å². The molecule has 2 aromatic heterocycles. The molecule has 0 radical (unpaired) electrons. The summed E-state index contributed by atoms with van der Waals surface area (Å²) in [5.74, 6) is 7.67. The molecule has 1 aromatic carbocycles. The quantitative estimate of drug-likeness (QED) is 0.236. The molecule has 36 heavy (non-hydrogen) atoms. The highest BCUT2D eigenvalue weighted by atomic mass is 35.5. The maximum absolute atomic E-state index is 6.18. The number of nitrogens with two attached hydrogens (primary N) is 1. The van der Waals surface area contributed by atoms with E-state index in [0.717, 1.165) is 47.5 Å². The van der Waals surface area contributed by atoms with Crippen LogP contribution in [-0.2, 0) is 24.1 Å². The molecule has 3 aromatic rings. The smallest absolute Gasteiger partial charge is 0.151 e. The van der Waals surface area contributed by atoms with Crippen LogP contribution < -0.4 is 5.73 Å². The molecule has 210 valence electrons. The lowest BCUT2D eigenvalue weighted by Crippen LogP contribution is -2.13. The minimum absolute atomic E-state index is 0. The van der Waals surface area contributed by atoms with Crippen LogP contribution in [0.15, 0.2) is 30.3 Å². The van der Waals surface area contributed by atoms with Crippen LogP contribution in [0.25, 0.3) is 11.0 Å². The number of nitrogen functional groups attached to an aromatic ring is 1. The van der Waals surface area contributed by atoms with Crippen molar-refractivity contribution in [3.63, 3.8) is 0 Å². The SMILES string of the molecule is Cc1nc2c(N)nc3c(c2n1CCOCC#Cc1ccccc1)CCCC3.Cl.Cl.Cl.Cl.Cl.Cl.Cl.Cl.Cl. The van der Waals surface area contributed by atoms with Crippen molar-refractivity contribution >= 4 is 129 Å². The third-order valence-electron chi connectivity index (χ3n) is 5.02. The Morgan fingerprint density at radius 2 is 1.50 bits per heavy atom. The van der Waals surface area contributed by atoms with Gasteiger partial charge in [0, 0.05) is 17.8 Å². The van der Waals surface area contributed by atoms with Crippen LogP contribution in [0, 0.1) is 18.8 Å². The summed E-state index contributed by atoms with van der Waals surface area (Å²) in [6, 6.07) is 9.95. The summed E-state index contributed by atoms with van der Waals surface area (Å²) in [7, 11) is 0. The normalized spacial score (nSPS) is 9.92. The van der Waals surface area contributed by atoms with Gasteiger partial charge in [-0.1, -0.05) is 30.0 Å². The topological polar surface area (TPSA) is 66.0 Å². The van der Waals surface area contributed by atoms with Gasteiger partial charge in [-0.25, -0.2) is 9.97 Å². The third-order valence-corrected chi connectivity index (χ3v) is 5.02. The molecule has 1 aliphatic rings. The number of ether oxygens (including phenoxy) is 1. The van der Waals surface area contributed by atoms with E-state index in [1.165, 1.54) is 18.4 Å². The predicted molar refractivity (Wildman–Crippen MR) is 173 cm³/mol. The van der Waals surface area contributed by atoms with Crippen LogP contribution in [0.2, 0.25) is 0 Å². The molecule has 0 unspecified atom stereocenters. The molecule has 5 nitrogen and oxygen atoms in total. The summed E-state index contributed by atoms with van der Waals surface area (Å²) in [6.07, 6.45) is 4.43. The van der Waals surface area contributed by atoms with E-state index in [1.54, 1.807) is 0 Å². The van der Waals surface area contributed by atoms with Crippen LogP contribution in [0.1, 0.15) is 35.5 Å². The number of halogens is 9. The van der Waals surface area contributed by atoms with Gasteiger partial charge in [-0.05, 0) is 50.3 Å². The number of rotatable bonds is 4. The minimum Gasteiger partial charge on any atom is -0.382 e. The molecule has 4 rings (SSSR count). The fraction of sp³-hybridized carbons (Fsp3) is 0.364. The predicted octanol–water partition coefficient (Wildman–Crippen LogP) is 7.07. The number of nitrogens with zero attached hydrogens (tertiary/aromatic N) is 3. The average Bonchev–Trinajstić information content (AvgIpc) is 3.03. The van der Waals surface area contributed by atoms with Gasteiger partial charge in [0.25, 0.3) is 0 Å². The zero-order valence-electron chi connectivity index (χ0n) is 19.3. The van der Waals surface area contributed by atoms with Gasteiger partial charge in [0.05, 0.1) is 12.1 Å². The van der Waals surface area contributed by atoms with Gasteiger partial charge in [-0.2, -0.15) is 0 Å². The second-order valence-corrected chi connectivity index (χ2v) is 6.86. The minimum atomic E-state index is 0. The van der Waals surface area contributed by atoms with Crippen LogP contribution in [0.4, 0.5) is 5.82 Å². The van der Waals surface area contributed by atoms with E-state index in [-0.39, 0.29) is 112 Å². The number of anilines is 1. The maximum atomic E-state index is 6.18. The Morgan fingerprint density at radius 3 is 2.14 bits per heavy atom. The van der Waals surface area contributed by atoms with Crippen LogP contribution >= 0.6 is 112 Å².